The molecular weight excluding hydrogens is 380 g/mol. The van der Waals surface area contributed by atoms with Crippen molar-refractivity contribution in [2.24, 2.45) is 0 Å². The Hall–Kier alpha value is -2.60. The maximum absolute atomic E-state index is 12.6. The van der Waals surface area contributed by atoms with Crippen molar-refractivity contribution in [2.45, 2.75) is 49.1 Å². The quantitative estimate of drug-likeness (QED) is 0.423. The topological polar surface area (TPSA) is 66.9 Å². The zero-order valence-electron chi connectivity index (χ0n) is 16.8. The second-order valence-corrected chi connectivity index (χ2v) is 8.92. The number of nitrogens with one attached hydrogen (secondary N) is 2. The van der Waals surface area contributed by atoms with Gasteiger partial charge in [-0.1, -0.05) is 61.2 Å². The van der Waals surface area contributed by atoms with E-state index in [2.05, 4.69) is 34.7 Å². The first-order valence-corrected chi connectivity index (χ1v) is 11.0. The molecule has 1 aliphatic rings. The molecule has 0 aliphatic heterocycles. The van der Waals surface area contributed by atoms with E-state index in [0.29, 0.717) is 17.7 Å². The fourth-order valence-electron chi connectivity index (χ4n) is 3.15. The average molecular weight is 407 g/mol. The van der Waals surface area contributed by atoms with Gasteiger partial charge in [0.15, 0.2) is 5.16 Å². The van der Waals surface area contributed by atoms with E-state index >= 15 is 0 Å². The molecule has 2 atom stereocenters. The number of hydrogen-bond donors (Lipinski definition) is 2. The highest BCUT2D eigenvalue weighted by atomic mass is 32.2. The number of benzene rings is 2. The predicted molar refractivity (Wildman–Crippen MR) is 119 cm³/mol. The summed E-state index contributed by atoms with van der Waals surface area (Å²) in [6, 6.07) is 18.7. The van der Waals surface area contributed by atoms with Gasteiger partial charge < -0.3 is 10.6 Å². The van der Waals surface area contributed by atoms with Crippen LogP contribution in [0.3, 0.4) is 0 Å². The molecule has 0 radical (unpaired) electrons. The van der Waals surface area contributed by atoms with E-state index in [-0.39, 0.29) is 17.1 Å². The van der Waals surface area contributed by atoms with Crippen LogP contribution in [0.1, 0.15) is 38.2 Å². The van der Waals surface area contributed by atoms with Crippen LogP contribution in [0.25, 0.3) is 10.9 Å². The van der Waals surface area contributed by atoms with Crippen molar-refractivity contribution in [1.82, 2.24) is 15.3 Å². The van der Waals surface area contributed by atoms with Gasteiger partial charge in [0.05, 0.1) is 10.8 Å². The Labute approximate surface area is 175 Å². The maximum Gasteiger partial charge on any atom is 0.233 e. The van der Waals surface area contributed by atoms with Crippen molar-refractivity contribution in [3.05, 3.63) is 60.2 Å². The van der Waals surface area contributed by atoms with Crippen LogP contribution in [-0.2, 0) is 4.79 Å². The molecule has 2 N–H and O–H groups in total. The van der Waals surface area contributed by atoms with E-state index in [4.69, 9.17) is 4.98 Å². The first-order valence-electron chi connectivity index (χ1n) is 10.1. The minimum absolute atomic E-state index is 0.00578. The Balaban J connectivity index is 1.41. The summed E-state index contributed by atoms with van der Waals surface area (Å²) in [5.41, 5.74) is 2.13. The summed E-state index contributed by atoms with van der Waals surface area (Å²) in [6.45, 7) is 4.64. The Morgan fingerprint density at radius 3 is 2.55 bits per heavy atom. The highest BCUT2D eigenvalue weighted by Gasteiger charge is 2.23. The van der Waals surface area contributed by atoms with Gasteiger partial charge in [0.2, 0.25) is 5.91 Å². The van der Waals surface area contributed by atoms with Crippen molar-refractivity contribution >= 4 is 34.4 Å². The van der Waals surface area contributed by atoms with Crippen LogP contribution in [0, 0.1) is 0 Å². The van der Waals surface area contributed by atoms with Gasteiger partial charge in [-0.3, -0.25) is 4.79 Å². The number of nitrogens with zero attached hydrogens (tertiary/aromatic N) is 2. The van der Waals surface area contributed by atoms with Crippen molar-refractivity contribution < 1.29 is 4.79 Å². The molecule has 5 nitrogen and oxygen atoms in total. The molecular formula is C23H26N4OS. The third-order valence-corrected chi connectivity index (χ3v) is 6.06. The molecule has 29 heavy (non-hydrogen) atoms. The van der Waals surface area contributed by atoms with Crippen LogP contribution in [0.5, 0.6) is 0 Å². The molecule has 2 unspecified atom stereocenters. The second-order valence-electron chi connectivity index (χ2n) is 7.61. The lowest BCUT2D eigenvalue weighted by Gasteiger charge is -2.16. The van der Waals surface area contributed by atoms with Crippen LogP contribution >= 0.6 is 11.8 Å². The molecule has 150 valence electrons. The summed E-state index contributed by atoms with van der Waals surface area (Å²) in [7, 11) is 0. The van der Waals surface area contributed by atoms with Crippen molar-refractivity contribution in [1.29, 1.82) is 0 Å². The average Bonchev–Trinajstić information content (AvgIpc) is 3.56. The number of anilines is 1. The Morgan fingerprint density at radius 2 is 1.79 bits per heavy atom. The molecule has 1 aliphatic carbocycles. The van der Waals surface area contributed by atoms with Crippen molar-refractivity contribution in [2.75, 3.05) is 11.9 Å². The van der Waals surface area contributed by atoms with Gasteiger partial charge in [0.1, 0.15) is 5.82 Å². The number of amides is 1. The van der Waals surface area contributed by atoms with Crippen molar-refractivity contribution in [3.8, 4) is 0 Å². The van der Waals surface area contributed by atoms with Gasteiger partial charge in [0, 0.05) is 18.0 Å². The molecule has 6 heteroatoms. The molecule has 0 saturated heterocycles. The standard InChI is InChI=1S/C23H26N4OS/c1-15(17-8-4-3-5-9-17)14-24-22(28)16(2)29-23-26-20-11-7-6-10-19(20)21(27-23)25-18-12-13-18/h3-11,15-16,18H,12-14H2,1-2H3,(H,24,28)(H,25,26,27). The van der Waals surface area contributed by atoms with E-state index in [9.17, 15) is 4.79 Å². The molecule has 0 bridgehead atoms. The molecule has 4 rings (SSSR count). The Bertz CT molecular complexity index is 991. The third kappa shape index (κ3) is 5.07. The smallest absolute Gasteiger partial charge is 0.233 e. The fourth-order valence-corrected chi connectivity index (χ4v) is 3.95. The summed E-state index contributed by atoms with van der Waals surface area (Å²) in [6.07, 6.45) is 2.36. The van der Waals surface area contributed by atoms with Crippen LogP contribution in [0.2, 0.25) is 0 Å². The number of aromatic nitrogens is 2. The maximum atomic E-state index is 12.6. The highest BCUT2D eigenvalue weighted by Crippen LogP contribution is 2.30. The third-order valence-electron chi connectivity index (χ3n) is 5.10. The molecule has 1 aromatic heterocycles. The van der Waals surface area contributed by atoms with Crippen LogP contribution in [0.4, 0.5) is 5.82 Å². The van der Waals surface area contributed by atoms with Gasteiger partial charge in [-0.2, -0.15) is 0 Å². The number of fused-ring (bicyclic) bond motifs is 1. The van der Waals surface area contributed by atoms with E-state index in [1.807, 2.05) is 49.4 Å². The fraction of sp³-hybridized carbons (Fsp3) is 0.348. The predicted octanol–water partition coefficient (Wildman–Crippen LogP) is 4.60. The lowest BCUT2D eigenvalue weighted by atomic mass is 10.0. The minimum atomic E-state index is -0.270. The zero-order valence-corrected chi connectivity index (χ0v) is 17.6. The van der Waals surface area contributed by atoms with Crippen LogP contribution in [0.15, 0.2) is 59.8 Å². The SMILES string of the molecule is CC(Sc1nc(NC2CC2)c2ccccc2n1)C(=O)NCC(C)c1ccccc1. The van der Waals surface area contributed by atoms with Gasteiger partial charge in [-0.05, 0) is 43.4 Å². The molecule has 1 amide bonds. The number of thioether (sulfide) groups is 1. The van der Waals surface area contributed by atoms with Gasteiger partial charge in [-0.15, -0.1) is 0 Å². The Kier molecular flexibility index (Phi) is 6.00. The van der Waals surface area contributed by atoms with Crippen LogP contribution < -0.4 is 10.6 Å². The zero-order chi connectivity index (χ0) is 20.2. The first kappa shape index (κ1) is 19.7. The summed E-state index contributed by atoms with van der Waals surface area (Å²) in [5.74, 6) is 1.14. The molecule has 2 aromatic carbocycles. The minimum Gasteiger partial charge on any atom is -0.367 e. The summed E-state index contributed by atoms with van der Waals surface area (Å²) in [4.78, 5) is 22.0. The number of carbonyl (C=O) groups is 1. The second kappa shape index (κ2) is 8.82. The summed E-state index contributed by atoms with van der Waals surface area (Å²) >= 11 is 1.40. The lowest BCUT2D eigenvalue weighted by molar-refractivity contribution is -0.120. The van der Waals surface area contributed by atoms with Gasteiger partial charge >= 0.3 is 0 Å². The van der Waals surface area contributed by atoms with Gasteiger partial charge in [0.25, 0.3) is 0 Å². The Morgan fingerprint density at radius 1 is 1.07 bits per heavy atom. The van der Waals surface area contributed by atoms with E-state index in [0.717, 1.165) is 16.7 Å². The van der Waals surface area contributed by atoms with Gasteiger partial charge in [-0.25, -0.2) is 9.97 Å². The summed E-state index contributed by atoms with van der Waals surface area (Å²) in [5, 5.41) is 7.94. The van der Waals surface area contributed by atoms with E-state index in [1.54, 1.807) is 0 Å². The molecule has 1 heterocycles. The van der Waals surface area contributed by atoms with Crippen molar-refractivity contribution in [3.63, 3.8) is 0 Å². The first-order chi connectivity index (χ1) is 14.1. The number of para-hydroxylation sites is 1. The summed E-state index contributed by atoms with van der Waals surface area (Å²) < 4.78 is 0. The molecule has 3 aromatic rings. The number of carbonyl (C=O) groups excluding carboxylic acids is 1. The molecule has 1 fully saturated rings. The normalized spacial score (nSPS) is 15.7. The van der Waals surface area contributed by atoms with E-state index < -0.39 is 0 Å². The van der Waals surface area contributed by atoms with Crippen LogP contribution in [-0.4, -0.2) is 33.7 Å². The molecule has 1 saturated carbocycles. The monoisotopic (exact) mass is 406 g/mol. The largest absolute Gasteiger partial charge is 0.367 e. The molecule has 0 spiro atoms. The number of rotatable bonds is 8. The highest BCUT2D eigenvalue weighted by molar-refractivity contribution is 8.00. The lowest BCUT2D eigenvalue weighted by Crippen LogP contribution is -2.33. The number of hydrogen-bond acceptors (Lipinski definition) is 5. The van der Waals surface area contributed by atoms with E-state index in [1.165, 1.54) is 30.2 Å².